The molecule has 2 aromatic carbocycles. The van der Waals surface area contributed by atoms with E-state index in [4.69, 9.17) is 4.74 Å². The smallest absolute Gasteiger partial charge is 0.411 e. The minimum atomic E-state index is -1.54. The summed E-state index contributed by atoms with van der Waals surface area (Å²) in [7, 11) is 1.44. The molecule has 1 atom stereocenters. The first-order valence-corrected chi connectivity index (χ1v) is 8.42. The van der Waals surface area contributed by atoms with Gasteiger partial charge in [-0.1, -0.05) is 54.6 Å². The summed E-state index contributed by atoms with van der Waals surface area (Å²) >= 11 is 0. The van der Waals surface area contributed by atoms with Crippen molar-refractivity contribution in [3.63, 3.8) is 0 Å². The lowest BCUT2D eigenvalue weighted by Crippen LogP contribution is -2.51. The van der Waals surface area contributed by atoms with Gasteiger partial charge in [0, 0.05) is 7.05 Å². The summed E-state index contributed by atoms with van der Waals surface area (Å²) in [6, 6.07) is 17.0. The molecule has 0 heterocycles. The molecule has 5 heteroatoms. The van der Waals surface area contributed by atoms with Crippen LogP contribution in [0.4, 0.5) is 4.79 Å². The van der Waals surface area contributed by atoms with Gasteiger partial charge in [0.25, 0.3) is 0 Å². The Balaban J connectivity index is 2.37. The average Bonchev–Trinajstić information content (AvgIpc) is 2.59. The fraction of sp³-hybridized carbons (Fsp3) is 0.333. The zero-order valence-electron chi connectivity index (χ0n) is 15.8. The van der Waals surface area contributed by atoms with Crippen molar-refractivity contribution >= 4 is 12.1 Å². The highest BCUT2D eigenvalue weighted by Gasteiger charge is 2.43. The summed E-state index contributed by atoms with van der Waals surface area (Å²) in [4.78, 5) is 25.6. The third kappa shape index (κ3) is 4.04. The average molecular weight is 355 g/mol. The van der Waals surface area contributed by atoms with Crippen LogP contribution in [0.15, 0.2) is 54.6 Å². The molecule has 0 aromatic heterocycles. The van der Waals surface area contributed by atoms with Crippen molar-refractivity contribution < 1.29 is 19.4 Å². The predicted octanol–water partition coefficient (Wildman–Crippen LogP) is 4.52. The van der Waals surface area contributed by atoms with Crippen molar-refractivity contribution in [2.45, 2.75) is 38.8 Å². The molecule has 0 saturated carbocycles. The molecule has 0 spiro atoms. The first-order chi connectivity index (χ1) is 12.1. The second-order valence-electron chi connectivity index (χ2n) is 7.36. The second-order valence-corrected chi connectivity index (χ2v) is 7.36. The molecular formula is C21H25NO4. The lowest BCUT2D eigenvalue weighted by Gasteiger charge is -2.36. The molecule has 0 fully saturated rings. The van der Waals surface area contributed by atoms with Gasteiger partial charge in [-0.15, -0.1) is 0 Å². The van der Waals surface area contributed by atoms with Crippen LogP contribution >= 0.6 is 0 Å². The van der Waals surface area contributed by atoms with E-state index in [0.717, 1.165) is 16.0 Å². The van der Waals surface area contributed by atoms with Crippen LogP contribution in [0.5, 0.6) is 0 Å². The molecule has 0 saturated heterocycles. The summed E-state index contributed by atoms with van der Waals surface area (Å²) in [5, 5.41) is 9.84. The lowest BCUT2D eigenvalue weighted by molar-refractivity contribution is -0.150. The van der Waals surface area contributed by atoms with Gasteiger partial charge in [0.1, 0.15) is 5.60 Å². The van der Waals surface area contributed by atoms with Gasteiger partial charge in [0.2, 0.25) is 0 Å². The van der Waals surface area contributed by atoms with Gasteiger partial charge in [-0.3, -0.25) is 4.90 Å². The fourth-order valence-corrected chi connectivity index (χ4v) is 2.59. The molecule has 0 bridgehead atoms. The number of carbonyl (C=O) groups excluding carboxylic acids is 1. The van der Waals surface area contributed by atoms with Gasteiger partial charge >= 0.3 is 12.1 Å². The number of benzene rings is 2. The summed E-state index contributed by atoms with van der Waals surface area (Å²) < 4.78 is 5.33. The van der Waals surface area contributed by atoms with Crippen LogP contribution in [-0.4, -0.2) is 34.7 Å². The van der Waals surface area contributed by atoms with Crippen molar-refractivity contribution in [1.82, 2.24) is 4.90 Å². The van der Waals surface area contributed by atoms with E-state index in [2.05, 4.69) is 0 Å². The van der Waals surface area contributed by atoms with Gasteiger partial charge in [0.05, 0.1) is 0 Å². The van der Waals surface area contributed by atoms with Crippen LogP contribution in [0.25, 0.3) is 11.1 Å². The van der Waals surface area contributed by atoms with E-state index in [1.165, 1.54) is 14.0 Å². The number of carboxylic acid groups (broad SMARTS) is 1. The zero-order valence-corrected chi connectivity index (χ0v) is 15.8. The van der Waals surface area contributed by atoms with E-state index in [9.17, 15) is 14.7 Å². The molecule has 5 nitrogen and oxygen atoms in total. The highest BCUT2D eigenvalue weighted by atomic mass is 16.6. The van der Waals surface area contributed by atoms with Crippen LogP contribution < -0.4 is 0 Å². The van der Waals surface area contributed by atoms with Crippen molar-refractivity contribution in [2.24, 2.45) is 0 Å². The Morgan fingerprint density at radius 1 is 0.885 bits per heavy atom. The van der Waals surface area contributed by atoms with E-state index in [1.54, 1.807) is 32.9 Å². The van der Waals surface area contributed by atoms with Crippen LogP contribution in [-0.2, 0) is 15.1 Å². The minimum Gasteiger partial charge on any atom is -0.479 e. The minimum absolute atomic E-state index is 0.498. The van der Waals surface area contributed by atoms with Gasteiger partial charge in [0.15, 0.2) is 5.54 Å². The number of hydrogen-bond acceptors (Lipinski definition) is 3. The molecule has 138 valence electrons. The third-order valence-corrected chi connectivity index (χ3v) is 4.31. The molecule has 0 aliphatic rings. The number of amides is 1. The van der Waals surface area contributed by atoms with E-state index < -0.39 is 23.2 Å². The second kappa shape index (κ2) is 7.20. The van der Waals surface area contributed by atoms with Crippen molar-refractivity contribution in [3.8, 4) is 11.1 Å². The molecule has 0 aliphatic heterocycles. The Hall–Kier alpha value is -2.82. The Labute approximate surface area is 154 Å². The molecule has 0 radical (unpaired) electrons. The number of carbonyl (C=O) groups is 2. The van der Waals surface area contributed by atoms with Crippen molar-refractivity contribution in [3.05, 3.63) is 60.2 Å². The van der Waals surface area contributed by atoms with E-state index in [1.807, 2.05) is 42.5 Å². The van der Waals surface area contributed by atoms with Crippen molar-refractivity contribution in [1.29, 1.82) is 0 Å². The SMILES string of the molecule is CN(C(=O)OC(C)(C)C)C(C)(C(=O)O)c1ccc(-c2ccccc2)cc1. The van der Waals surface area contributed by atoms with Crippen LogP contribution in [0.2, 0.25) is 0 Å². The van der Waals surface area contributed by atoms with Crippen LogP contribution in [0, 0.1) is 0 Å². The van der Waals surface area contributed by atoms with E-state index in [-0.39, 0.29) is 0 Å². The topological polar surface area (TPSA) is 66.8 Å². The van der Waals surface area contributed by atoms with E-state index in [0.29, 0.717) is 5.56 Å². The van der Waals surface area contributed by atoms with Crippen molar-refractivity contribution in [2.75, 3.05) is 7.05 Å². The highest BCUT2D eigenvalue weighted by molar-refractivity contribution is 5.85. The predicted molar refractivity (Wildman–Crippen MR) is 101 cm³/mol. The summed E-state index contributed by atoms with van der Waals surface area (Å²) in [6.45, 7) is 6.72. The number of nitrogens with zero attached hydrogens (tertiary/aromatic N) is 1. The maximum Gasteiger partial charge on any atom is 0.411 e. The Morgan fingerprint density at radius 3 is 1.85 bits per heavy atom. The number of carboxylic acids is 1. The molecule has 2 rings (SSSR count). The summed E-state index contributed by atoms with van der Waals surface area (Å²) in [5.41, 5.74) is 0.260. The highest BCUT2D eigenvalue weighted by Crippen LogP contribution is 2.31. The van der Waals surface area contributed by atoms with Gasteiger partial charge in [-0.25, -0.2) is 9.59 Å². The summed E-state index contributed by atoms with van der Waals surface area (Å²) in [6.07, 6.45) is -0.686. The molecule has 1 unspecified atom stereocenters. The van der Waals surface area contributed by atoms with E-state index >= 15 is 0 Å². The first-order valence-electron chi connectivity index (χ1n) is 8.42. The molecular weight excluding hydrogens is 330 g/mol. The summed E-state index contributed by atoms with van der Waals surface area (Å²) in [5.74, 6) is -1.13. The van der Waals surface area contributed by atoms with Crippen LogP contribution in [0.3, 0.4) is 0 Å². The van der Waals surface area contributed by atoms with Crippen LogP contribution in [0.1, 0.15) is 33.3 Å². The first kappa shape index (κ1) is 19.5. The number of aliphatic carboxylic acids is 1. The maximum absolute atomic E-state index is 12.4. The lowest BCUT2D eigenvalue weighted by atomic mass is 9.89. The number of rotatable bonds is 4. The third-order valence-electron chi connectivity index (χ3n) is 4.31. The Bertz CT molecular complexity index is 778. The molecule has 1 amide bonds. The van der Waals surface area contributed by atoms with Gasteiger partial charge in [-0.05, 0) is 44.4 Å². The molecule has 26 heavy (non-hydrogen) atoms. The monoisotopic (exact) mass is 355 g/mol. The number of likely N-dealkylation sites (N-methyl/N-ethyl adjacent to an activating group) is 1. The van der Waals surface area contributed by atoms with Gasteiger partial charge < -0.3 is 9.84 Å². The molecule has 2 aromatic rings. The largest absolute Gasteiger partial charge is 0.479 e. The molecule has 0 aliphatic carbocycles. The quantitative estimate of drug-likeness (QED) is 0.875. The van der Waals surface area contributed by atoms with Gasteiger partial charge in [-0.2, -0.15) is 0 Å². The number of hydrogen-bond donors (Lipinski definition) is 1. The number of ether oxygens (including phenoxy) is 1. The fourth-order valence-electron chi connectivity index (χ4n) is 2.59. The standard InChI is InChI=1S/C21H25NO4/c1-20(2,3)26-19(25)22(5)21(4,18(23)24)17-13-11-16(12-14-17)15-9-7-6-8-10-15/h6-14H,1-5H3,(H,23,24). The Morgan fingerprint density at radius 2 is 1.38 bits per heavy atom. The molecule has 1 N–H and O–H groups in total. The normalized spacial score (nSPS) is 13.6. The maximum atomic E-state index is 12.4. The zero-order chi connectivity index (χ0) is 19.5. The Kier molecular flexibility index (Phi) is 5.40.